The molecule has 21 heavy (non-hydrogen) atoms. The van der Waals surface area contributed by atoms with Crippen LogP contribution in [0, 0.1) is 11.3 Å². The lowest BCUT2D eigenvalue weighted by atomic mass is 10.1. The normalized spacial score (nSPS) is 9.71. The van der Waals surface area contributed by atoms with Crippen LogP contribution in [0.2, 0.25) is 0 Å². The number of amides is 2. The molecule has 0 saturated heterocycles. The highest BCUT2D eigenvalue weighted by atomic mass is 16.5. The lowest BCUT2D eigenvalue weighted by molar-refractivity contribution is -0.129. The smallest absolute Gasteiger partial charge is 0.243 e. The van der Waals surface area contributed by atoms with Gasteiger partial charge in [0.1, 0.15) is 0 Å². The molecule has 0 spiro atoms. The number of rotatable bonds is 8. The van der Waals surface area contributed by atoms with Gasteiger partial charge >= 0.3 is 0 Å². The molecule has 1 aromatic carbocycles. The van der Waals surface area contributed by atoms with E-state index in [1.807, 2.05) is 6.07 Å². The Labute approximate surface area is 123 Å². The Morgan fingerprint density at radius 1 is 1.10 bits per heavy atom. The van der Waals surface area contributed by atoms with Gasteiger partial charge in [0.05, 0.1) is 11.6 Å². The molecule has 0 aromatic heterocycles. The third-order valence-electron chi connectivity index (χ3n) is 2.96. The predicted molar refractivity (Wildman–Crippen MR) is 77.4 cm³/mol. The van der Waals surface area contributed by atoms with Crippen molar-refractivity contribution in [3.8, 4) is 6.07 Å². The molecule has 0 bridgehead atoms. The molecule has 112 valence electrons. The quantitative estimate of drug-likeness (QED) is 0.388. The number of carbonyl (C=O) groups excluding carboxylic acids is 2. The fourth-order valence-electron chi connectivity index (χ4n) is 1.87. The number of hydrogen-bond donors (Lipinski definition) is 3. The summed E-state index contributed by atoms with van der Waals surface area (Å²) in [6.45, 7) is 0. The molecule has 0 fully saturated rings. The van der Waals surface area contributed by atoms with E-state index in [0.29, 0.717) is 30.5 Å². The van der Waals surface area contributed by atoms with E-state index in [2.05, 4.69) is 5.32 Å². The van der Waals surface area contributed by atoms with E-state index in [0.717, 1.165) is 19.3 Å². The number of hydrogen-bond acceptors (Lipinski definition) is 4. The summed E-state index contributed by atoms with van der Waals surface area (Å²) < 4.78 is 0. The minimum atomic E-state index is -0.384. The number of anilines is 1. The Balaban J connectivity index is 2.17. The second-order valence-corrected chi connectivity index (χ2v) is 4.69. The van der Waals surface area contributed by atoms with Gasteiger partial charge in [-0.05, 0) is 31.0 Å². The van der Waals surface area contributed by atoms with Gasteiger partial charge in [0.2, 0.25) is 11.8 Å². The van der Waals surface area contributed by atoms with Gasteiger partial charge < -0.3 is 5.32 Å². The summed E-state index contributed by atoms with van der Waals surface area (Å²) >= 11 is 0. The monoisotopic (exact) mass is 289 g/mol. The summed E-state index contributed by atoms with van der Waals surface area (Å²) in [5.41, 5.74) is 2.72. The highest BCUT2D eigenvalue weighted by Crippen LogP contribution is 2.11. The Kier molecular flexibility index (Phi) is 7.54. The van der Waals surface area contributed by atoms with E-state index in [4.69, 9.17) is 10.5 Å². The van der Waals surface area contributed by atoms with Gasteiger partial charge in [0.15, 0.2) is 0 Å². The SMILES string of the molecule is N#Cc1cccc(NC(=O)CCCCCCC(=O)NO)c1. The van der Waals surface area contributed by atoms with Crippen LogP contribution >= 0.6 is 0 Å². The number of nitriles is 1. The maximum atomic E-state index is 11.7. The van der Waals surface area contributed by atoms with Gasteiger partial charge in [-0.1, -0.05) is 18.9 Å². The maximum absolute atomic E-state index is 11.7. The number of carbonyl (C=O) groups is 2. The first-order valence-corrected chi connectivity index (χ1v) is 6.88. The molecule has 1 rings (SSSR count). The van der Waals surface area contributed by atoms with Crippen molar-refractivity contribution in [1.29, 1.82) is 5.26 Å². The molecule has 0 heterocycles. The van der Waals surface area contributed by atoms with Gasteiger partial charge in [-0.25, -0.2) is 5.48 Å². The average molecular weight is 289 g/mol. The summed E-state index contributed by atoms with van der Waals surface area (Å²) in [5.74, 6) is -0.469. The van der Waals surface area contributed by atoms with Gasteiger partial charge in [0, 0.05) is 18.5 Å². The first-order chi connectivity index (χ1) is 10.2. The maximum Gasteiger partial charge on any atom is 0.243 e. The molecule has 0 atom stereocenters. The highest BCUT2D eigenvalue weighted by molar-refractivity contribution is 5.90. The van der Waals surface area contributed by atoms with Crippen LogP contribution in [0.1, 0.15) is 44.1 Å². The molecule has 0 saturated carbocycles. The average Bonchev–Trinajstić information content (AvgIpc) is 2.50. The molecule has 0 aliphatic carbocycles. The topological polar surface area (TPSA) is 102 Å². The predicted octanol–water partition coefficient (Wildman–Crippen LogP) is 2.34. The second kappa shape index (κ2) is 9.50. The molecular formula is C15H19N3O3. The first-order valence-electron chi connectivity index (χ1n) is 6.88. The molecule has 6 nitrogen and oxygen atoms in total. The third-order valence-corrected chi connectivity index (χ3v) is 2.96. The highest BCUT2D eigenvalue weighted by Gasteiger charge is 2.03. The number of hydroxylamine groups is 1. The Bertz CT molecular complexity index is 523. The van der Waals surface area contributed by atoms with Crippen molar-refractivity contribution in [3.05, 3.63) is 29.8 Å². The molecular weight excluding hydrogens is 270 g/mol. The molecule has 0 unspecified atom stereocenters. The molecule has 3 N–H and O–H groups in total. The lowest BCUT2D eigenvalue weighted by Crippen LogP contribution is -2.17. The summed E-state index contributed by atoms with van der Waals surface area (Å²) in [5, 5.41) is 19.8. The van der Waals surface area contributed by atoms with Crippen molar-refractivity contribution in [2.24, 2.45) is 0 Å². The fourth-order valence-corrected chi connectivity index (χ4v) is 1.87. The van der Waals surface area contributed by atoms with Crippen LogP contribution in [0.15, 0.2) is 24.3 Å². The molecule has 1 aromatic rings. The molecule has 0 aliphatic heterocycles. The van der Waals surface area contributed by atoms with Crippen LogP contribution in [0.5, 0.6) is 0 Å². The summed E-state index contributed by atoms with van der Waals surface area (Å²) in [6.07, 6.45) is 3.82. The molecule has 6 heteroatoms. The zero-order chi connectivity index (χ0) is 15.5. The van der Waals surface area contributed by atoms with E-state index >= 15 is 0 Å². The van der Waals surface area contributed by atoms with Crippen molar-refractivity contribution in [1.82, 2.24) is 5.48 Å². The zero-order valence-corrected chi connectivity index (χ0v) is 11.8. The fraction of sp³-hybridized carbons (Fsp3) is 0.400. The van der Waals surface area contributed by atoms with E-state index in [1.165, 1.54) is 0 Å². The van der Waals surface area contributed by atoms with Gasteiger partial charge in [-0.3, -0.25) is 14.8 Å². The minimum Gasteiger partial charge on any atom is -0.326 e. The second-order valence-electron chi connectivity index (χ2n) is 4.69. The summed E-state index contributed by atoms with van der Waals surface area (Å²) in [7, 11) is 0. The van der Waals surface area contributed by atoms with Crippen LogP contribution < -0.4 is 10.8 Å². The van der Waals surface area contributed by atoms with E-state index < -0.39 is 0 Å². The Morgan fingerprint density at radius 3 is 2.38 bits per heavy atom. The molecule has 0 radical (unpaired) electrons. The Morgan fingerprint density at radius 2 is 1.76 bits per heavy atom. The van der Waals surface area contributed by atoms with Crippen molar-refractivity contribution >= 4 is 17.5 Å². The zero-order valence-electron chi connectivity index (χ0n) is 11.8. The first kappa shape index (κ1) is 16.7. The Hall–Kier alpha value is -2.39. The lowest BCUT2D eigenvalue weighted by Gasteiger charge is -2.05. The van der Waals surface area contributed by atoms with Crippen LogP contribution in [0.4, 0.5) is 5.69 Å². The number of unbranched alkanes of at least 4 members (excludes halogenated alkanes) is 3. The van der Waals surface area contributed by atoms with Crippen LogP contribution in [0.3, 0.4) is 0 Å². The van der Waals surface area contributed by atoms with Crippen molar-refractivity contribution < 1.29 is 14.8 Å². The van der Waals surface area contributed by atoms with Crippen molar-refractivity contribution in [3.63, 3.8) is 0 Å². The van der Waals surface area contributed by atoms with E-state index in [-0.39, 0.29) is 11.8 Å². The van der Waals surface area contributed by atoms with E-state index in [9.17, 15) is 9.59 Å². The summed E-state index contributed by atoms with van der Waals surface area (Å²) in [6, 6.07) is 8.79. The number of benzene rings is 1. The number of nitrogens with zero attached hydrogens (tertiary/aromatic N) is 1. The molecule has 0 aliphatic rings. The minimum absolute atomic E-state index is 0.0850. The van der Waals surface area contributed by atoms with Crippen molar-refractivity contribution in [2.75, 3.05) is 5.32 Å². The number of nitrogens with one attached hydrogen (secondary N) is 2. The van der Waals surface area contributed by atoms with Gasteiger partial charge in [-0.15, -0.1) is 0 Å². The van der Waals surface area contributed by atoms with Crippen LogP contribution in [-0.2, 0) is 9.59 Å². The third kappa shape index (κ3) is 7.09. The van der Waals surface area contributed by atoms with Crippen LogP contribution in [-0.4, -0.2) is 17.0 Å². The summed E-state index contributed by atoms with van der Waals surface area (Å²) in [4.78, 5) is 22.5. The standard InChI is InChI=1S/C15H19N3O3/c16-11-12-6-5-7-13(10-12)17-14(19)8-3-1-2-4-9-15(20)18-21/h5-7,10,21H,1-4,8-9H2,(H,17,19)(H,18,20). The van der Waals surface area contributed by atoms with Crippen molar-refractivity contribution in [2.45, 2.75) is 38.5 Å². The molecule has 2 amide bonds. The van der Waals surface area contributed by atoms with Gasteiger partial charge in [-0.2, -0.15) is 5.26 Å². The van der Waals surface area contributed by atoms with E-state index in [1.54, 1.807) is 29.7 Å². The van der Waals surface area contributed by atoms with Crippen LogP contribution in [0.25, 0.3) is 0 Å². The van der Waals surface area contributed by atoms with Gasteiger partial charge in [0.25, 0.3) is 0 Å². The largest absolute Gasteiger partial charge is 0.326 e.